The first-order valence-electron chi connectivity index (χ1n) is 39.5. The lowest BCUT2D eigenvalue weighted by atomic mass is 9.33. The van der Waals surface area contributed by atoms with Gasteiger partial charge >= 0.3 is 0 Å². The van der Waals surface area contributed by atoms with Gasteiger partial charge in [-0.05, 0) is 263 Å². The molecule has 5 heterocycles. The fraction of sp³-hybridized carbons (Fsp3) is 0.347. The number of rotatable bonds is 8. The largest absolute Gasteiger partial charge is 0.310 e. The number of nitrogens with zero attached hydrogens (tertiary/aromatic N) is 2. The third-order valence-corrected chi connectivity index (χ3v) is 28.3. The molecule has 104 heavy (non-hydrogen) atoms. The Balaban J connectivity index is 1.07. The normalized spacial score (nSPS) is 17.3. The van der Waals surface area contributed by atoms with Gasteiger partial charge in [0.15, 0.2) is 0 Å². The average Bonchev–Trinajstić information content (AvgIpc) is 1.43. The second kappa shape index (κ2) is 21.2. The van der Waals surface area contributed by atoms with Crippen LogP contribution in [0.25, 0.3) is 111 Å². The quantitative estimate of drug-likeness (QED) is 0.134. The first-order valence-corrected chi connectivity index (χ1v) is 39.5. The van der Waals surface area contributed by atoms with Gasteiger partial charge < -0.3 is 9.13 Å². The smallest absolute Gasteiger partial charge is 0.253 e. The molecule has 520 valence electrons. The van der Waals surface area contributed by atoms with Gasteiger partial charge in [-0.15, -0.1) is 0 Å². The lowest BCUT2D eigenvalue weighted by Crippen LogP contribution is -2.61. The van der Waals surface area contributed by atoms with Crippen LogP contribution in [0.15, 0.2) is 188 Å². The van der Waals surface area contributed by atoms with E-state index in [2.05, 4.69) is 336 Å². The van der Waals surface area contributed by atoms with Crippen LogP contribution in [-0.4, -0.2) is 15.8 Å². The van der Waals surface area contributed by atoms with Crippen LogP contribution < -0.4 is 16.4 Å². The van der Waals surface area contributed by atoms with Crippen LogP contribution in [0.2, 0.25) is 0 Å². The number of aromatic nitrogens is 2. The van der Waals surface area contributed by atoms with E-state index in [0.717, 1.165) is 38.5 Å². The van der Waals surface area contributed by atoms with Crippen molar-refractivity contribution in [2.45, 2.75) is 226 Å². The standard InChI is InChI=1S/C101H103BN2/c1-21-95(9,10)63-50-71-72-51-64(96(11,12)22-2)53-83-89(72)104-88(71)82(52-63)101(75-33-27-25-31-66(75)67-32-26-28-34-76(67)101)77-43-44-84-87(92(77)104)102(83)86-65-30-24-23-29-60(65)49-74-85(70-56-80-78(97(13,14)45-47-99(80,17)18)54-68(70)58-35-39-61(40-36-58)93(3,4)5)90(103(84)91(74)86)73-57-81-79(98(15,16)46-48-100(81,19)20)55-69(73)59-37-41-62(42-38-59)94(6,7)8/h23-44,49-57H,21-22,45-48H2,1-20H3. The van der Waals surface area contributed by atoms with Crippen molar-refractivity contribution in [1.82, 2.24) is 9.13 Å². The lowest BCUT2D eigenvalue weighted by molar-refractivity contribution is 0.332. The van der Waals surface area contributed by atoms with Crippen molar-refractivity contribution in [1.29, 1.82) is 0 Å². The SMILES string of the molecule is CCC(C)(C)c1cc2c3c(c1)c1cc(C(C)(C)CC)cc4c1n3-c1c(ccc3c1B2c1c2ccccc2cc2c(-c5cc6c(cc5-c5ccc(C(C)(C)C)cc5)C(C)(C)CCC6(C)C)c(-c5cc6c(cc5-c5ccc(C(C)(C)C)cc5)C(C)(C)CCC6(C)C)n-3c12)C41c2ccccc2-c2ccccc21. The molecule has 13 aromatic rings. The molecular formula is C101H103BN2. The minimum absolute atomic E-state index is 0.00907. The van der Waals surface area contributed by atoms with E-state index < -0.39 is 5.41 Å². The summed E-state index contributed by atoms with van der Waals surface area (Å²) in [4.78, 5) is 0. The third kappa shape index (κ3) is 8.71. The highest BCUT2D eigenvalue weighted by Crippen LogP contribution is 2.64. The Hall–Kier alpha value is -8.92. The van der Waals surface area contributed by atoms with Crippen LogP contribution in [0.5, 0.6) is 0 Å². The first kappa shape index (κ1) is 65.8. The predicted octanol–water partition coefficient (Wildman–Crippen LogP) is 25.0. The van der Waals surface area contributed by atoms with Gasteiger partial charge in [-0.25, -0.2) is 0 Å². The molecule has 0 bridgehead atoms. The molecule has 3 aliphatic carbocycles. The van der Waals surface area contributed by atoms with Crippen LogP contribution in [-0.2, 0) is 48.7 Å². The van der Waals surface area contributed by atoms with Gasteiger partial charge in [-0.1, -0.05) is 278 Å². The van der Waals surface area contributed by atoms with Crippen LogP contribution in [0.1, 0.15) is 244 Å². The zero-order valence-corrected chi connectivity index (χ0v) is 65.6. The molecule has 3 heteroatoms. The Morgan fingerprint density at radius 3 is 1.33 bits per heavy atom. The number of hydrogen-bond acceptors (Lipinski definition) is 0. The van der Waals surface area contributed by atoms with E-state index in [4.69, 9.17) is 0 Å². The summed E-state index contributed by atoms with van der Waals surface area (Å²) < 4.78 is 5.79. The van der Waals surface area contributed by atoms with E-state index in [9.17, 15) is 0 Å². The van der Waals surface area contributed by atoms with Crippen molar-refractivity contribution in [3.8, 4) is 67.1 Å². The number of hydrogen-bond donors (Lipinski definition) is 0. The van der Waals surface area contributed by atoms with Gasteiger partial charge in [0.05, 0.1) is 22.1 Å². The first-order chi connectivity index (χ1) is 49.2. The van der Waals surface area contributed by atoms with Gasteiger partial charge in [0.25, 0.3) is 6.71 Å². The third-order valence-electron chi connectivity index (χ3n) is 28.3. The second-order valence-electron chi connectivity index (χ2n) is 38.9. The zero-order chi connectivity index (χ0) is 72.6. The average molecular weight is 1360 g/mol. The second-order valence-corrected chi connectivity index (χ2v) is 38.9. The topological polar surface area (TPSA) is 9.86 Å². The van der Waals surface area contributed by atoms with Crippen molar-refractivity contribution in [3.05, 3.63) is 255 Å². The molecule has 19 rings (SSSR count). The van der Waals surface area contributed by atoms with E-state index in [1.807, 2.05) is 0 Å². The zero-order valence-electron chi connectivity index (χ0n) is 65.6. The summed E-state index contributed by atoms with van der Waals surface area (Å²) in [7, 11) is 0. The van der Waals surface area contributed by atoms with Crippen LogP contribution in [0.4, 0.5) is 0 Å². The van der Waals surface area contributed by atoms with Gasteiger partial charge in [0.2, 0.25) is 0 Å². The molecule has 0 radical (unpaired) electrons. The summed E-state index contributed by atoms with van der Waals surface area (Å²) in [5.74, 6) is 0. The molecule has 0 unspecified atom stereocenters. The van der Waals surface area contributed by atoms with E-state index in [1.54, 1.807) is 0 Å². The van der Waals surface area contributed by atoms with Gasteiger partial charge in [-0.2, -0.15) is 0 Å². The van der Waals surface area contributed by atoms with Crippen molar-refractivity contribution >= 4 is 66.6 Å². The molecule has 2 nitrogen and oxygen atoms in total. The van der Waals surface area contributed by atoms with E-state index in [-0.39, 0.29) is 50.0 Å². The highest BCUT2D eigenvalue weighted by Gasteiger charge is 2.56. The molecule has 0 saturated heterocycles. The summed E-state index contributed by atoms with van der Waals surface area (Å²) in [6.45, 7) is 49.0. The summed E-state index contributed by atoms with van der Waals surface area (Å²) in [5.41, 5.74) is 39.9. The summed E-state index contributed by atoms with van der Waals surface area (Å²) in [6.07, 6.45) is 6.54. The molecule has 1 spiro atoms. The van der Waals surface area contributed by atoms with Gasteiger partial charge in [0.1, 0.15) is 0 Å². The van der Waals surface area contributed by atoms with Crippen molar-refractivity contribution in [2.24, 2.45) is 0 Å². The highest BCUT2D eigenvalue weighted by atomic mass is 15.1. The monoisotopic (exact) mass is 1350 g/mol. The van der Waals surface area contributed by atoms with Crippen LogP contribution in [0.3, 0.4) is 0 Å². The molecule has 11 aromatic carbocycles. The molecule has 2 aromatic heterocycles. The maximum absolute atomic E-state index is 2.92. The molecule has 0 amide bonds. The molecule has 0 fully saturated rings. The maximum Gasteiger partial charge on any atom is 0.253 e. The summed E-state index contributed by atoms with van der Waals surface area (Å²) in [5, 5.41) is 6.69. The van der Waals surface area contributed by atoms with Crippen molar-refractivity contribution in [2.75, 3.05) is 0 Å². The number of fused-ring (bicyclic) bond motifs is 15. The lowest BCUT2D eigenvalue weighted by Gasteiger charge is -2.45. The number of benzene rings is 11. The Kier molecular flexibility index (Phi) is 13.4. The van der Waals surface area contributed by atoms with E-state index >= 15 is 0 Å². The Bertz CT molecular complexity index is 5900. The Morgan fingerprint density at radius 2 is 0.808 bits per heavy atom. The minimum Gasteiger partial charge on any atom is -0.310 e. The molecule has 0 N–H and O–H groups in total. The molecule has 0 saturated carbocycles. The highest BCUT2D eigenvalue weighted by molar-refractivity contribution is 7.01. The summed E-state index contributed by atoms with van der Waals surface area (Å²) >= 11 is 0. The molecular weight excluding hydrogens is 1250 g/mol. The van der Waals surface area contributed by atoms with Crippen molar-refractivity contribution in [3.63, 3.8) is 0 Å². The summed E-state index contributed by atoms with van der Waals surface area (Å²) in [6, 6.07) is 78.0. The molecule has 6 aliphatic rings. The van der Waals surface area contributed by atoms with Gasteiger partial charge in [0, 0.05) is 44.2 Å². The van der Waals surface area contributed by atoms with Gasteiger partial charge in [-0.3, -0.25) is 0 Å². The van der Waals surface area contributed by atoms with E-state index in [1.165, 1.54) is 194 Å². The van der Waals surface area contributed by atoms with Crippen molar-refractivity contribution < 1.29 is 0 Å². The minimum atomic E-state index is -0.642. The fourth-order valence-electron chi connectivity index (χ4n) is 20.9. The Labute approximate surface area is 619 Å². The fourth-order valence-corrected chi connectivity index (χ4v) is 20.9. The van der Waals surface area contributed by atoms with Crippen LogP contribution >= 0.6 is 0 Å². The Morgan fingerprint density at radius 1 is 0.346 bits per heavy atom. The van der Waals surface area contributed by atoms with Crippen LogP contribution in [0, 0.1) is 0 Å². The maximum atomic E-state index is 2.92. The molecule has 3 aliphatic heterocycles. The molecule has 0 atom stereocenters. The van der Waals surface area contributed by atoms with E-state index in [0.29, 0.717) is 0 Å². The predicted molar refractivity (Wildman–Crippen MR) is 447 cm³/mol.